The van der Waals surface area contributed by atoms with Gasteiger partial charge in [-0.05, 0) is 0 Å². The summed E-state index contributed by atoms with van der Waals surface area (Å²) < 4.78 is 5.16. The quantitative estimate of drug-likeness (QED) is 0.465. The van der Waals surface area contributed by atoms with Gasteiger partial charge in [0.2, 0.25) is 0 Å². The molecule has 1 rings (SSSR count). The number of hydrogen-bond acceptors (Lipinski definition) is 4. The minimum atomic E-state index is 0.470. The van der Waals surface area contributed by atoms with Gasteiger partial charge in [-0.1, -0.05) is 13.8 Å². The minimum absolute atomic E-state index is 0.470. The van der Waals surface area contributed by atoms with Crippen molar-refractivity contribution in [3.05, 3.63) is 0 Å². The van der Waals surface area contributed by atoms with E-state index in [0.29, 0.717) is 5.92 Å². The Morgan fingerprint density at radius 1 is 1.50 bits per heavy atom. The van der Waals surface area contributed by atoms with Crippen LogP contribution < -0.4 is 0 Å². The highest BCUT2D eigenvalue weighted by Crippen LogP contribution is 2.03. The molecule has 0 saturated heterocycles. The molecule has 0 radical (unpaired) electrons. The van der Waals surface area contributed by atoms with Gasteiger partial charge in [-0.25, -0.2) is 0 Å². The molecule has 60 valence electrons. The van der Waals surface area contributed by atoms with E-state index in [1.807, 2.05) is 0 Å². The third-order valence-electron chi connectivity index (χ3n) is 1.10. The first-order valence-corrected chi connectivity index (χ1v) is 4.78. The summed E-state index contributed by atoms with van der Waals surface area (Å²) in [7, 11) is 0. The summed E-state index contributed by atoms with van der Waals surface area (Å²) in [6.45, 7) is 5.81. The number of rotatable bonds is 1. The van der Waals surface area contributed by atoms with Gasteiger partial charge in [0.05, 0.1) is 6.54 Å². The topological polar surface area (TPSA) is 21.6 Å². The maximum Gasteiger partial charge on any atom is 0.186 e. The van der Waals surface area contributed by atoms with Crippen molar-refractivity contribution in [3.8, 4) is 0 Å². The Bertz CT molecular complexity index is 114. The van der Waals surface area contributed by atoms with Crippen molar-refractivity contribution in [2.75, 3.05) is 13.2 Å². The first kappa shape index (κ1) is 10.2. The van der Waals surface area contributed by atoms with E-state index in [9.17, 15) is 0 Å². The number of aliphatic imine (C=N–C) groups is 1. The molecule has 0 aromatic rings. The second-order valence-corrected chi connectivity index (χ2v) is 2.22. The summed E-state index contributed by atoms with van der Waals surface area (Å²) in [5, 5.41) is 0. The lowest BCUT2D eigenvalue weighted by atomic mass is 10.2. The van der Waals surface area contributed by atoms with Crippen molar-refractivity contribution in [1.82, 2.24) is 0 Å². The van der Waals surface area contributed by atoms with Crippen molar-refractivity contribution >= 4 is 29.2 Å². The maximum atomic E-state index is 5.16. The molecule has 0 bridgehead atoms. The lowest BCUT2D eigenvalue weighted by molar-refractivity contribution is 0.328. The number of ether oxygens (including phenoxy) is 1. The van der Waals surface area contributed by atoms with E-state index in [2.05, 4.69) is 42.2 Å². The van der Waals surface area contributed by atoms with Crippen molar-refractivity contribution in [1.29, 1.82) is 0 Å². The fourth-order valence-corrected chi connectivity index (χ4v) is 0.701. The molecule has 0 saturated carbocycles. The first-order valence-electron chi connectivity index (χ1n) is 3.18. The zero-order valence-corrected chi connectivity index (χ0v) is 8.03. The van der Waals surface area contributed by atoms with Gasteiger partial charge in [-0.15, -0.1) is 23.3 Å². The molecule has 1 aliphatic heterocycles. The molecule has 1 aliphatic rings. The average molecular weight is 179 g/mol. The highest BCUT2D eigenvalue weighted by Gasteiger charge is 2.09. The van der Waals surface area contributed by atoms with E-state index in [1.165, 1.54) is 0 Å². The Morgan fingerprint density at radius 2 is 2.10 bits per heavy atom. The van der Waals surface area contributed by atoms with Gasteiger partial charge in [0.25, 0.3) is 0 Å². The van der Waals surface area contributed by atoms with Crippen LogP contribution in [0.5, 0.6) is 0 Å². The molecule has 0 aliphatic carbocycles. The van der Waals surface area contributed by atoms with Gasteiger partial charge >= 0.3 is 0 Å². The highest BCUT2D eigenvalue weighted by molar-refractivity contribution is 8.59. The van der Waals surface area contributed by atoms with Crippen LogP contribution in [0.4, 0.5) is 0 Å². The molecule has 1 heterocycles. The van der Waals surface area contributed by atoms with E-state index < -0.39 is 0 Å². The summed E-state index contributed by atoms with van der Waals surface area (Å²) in [6, 6.07) is 0. The van der Waals surface area contributed by atoms with E-state index in [0.717, 1.165) is 19.0 Å². The molecule has 0 unspecified atom stereocenters. The lowest BCUT2D eigenvalue weighted by Crippen LogP contribution is -2.06. The zero-order chi connectivity index (χ0) is 7.98. The van der Waals surface area contributed by atoms with Crippen LogP contribution in [0.15, 0.2) is 4.99 Å². The van der Waals surface area contributed by atoms with Gasteiger partial charge < -0.3 is 4.74 Å². The summed E-state index contributed by atoms with van der Waals surface area (Å²) in [4.78, 5) is 4.13. The average Bonchev–Trinajstić information content (AvgIpc) is 2.42. The standard InChI is InChI=1S/C6H11NO.H2S2/c1-5(2)6-7-3-4-8-6;1-2/h5H,3-4H2,1-2H3;1-2H. The second-order valence-electron chi connectivity index (χ2n) is 2.22. The zero-order valence-electron chi connectivity index (χ0n) is 6.24. The van der Waals surface area contributed by atoms with E-state index in [1.54, 1.807) is 0 Å². The van der Waals surface area contributed by atoms with Crippen molar-refractivity contribution in [2.45, 2.75) is 13.8 Å². The smallest absolute Gasteiger partial charge is 0.186 e. The molecule has 0 N–H and O–H groups in total. The van der Waals surface area contributed by atoms with Gasteiger partial charge in [-0.2, -0.15) is 0 Å². The molecule has 2 nitrogen and oxygen atoms in total. The number of nitrogens with zero attached hydrogens (tertiary/aromatic N) is 1. The lowest BCUT2D eigenvalue weighted by Gasteiger charge is -2.01. The molecular weight excluding hydrogens is 166 g/mol. The van der Waals surface area contributed by atoms with Crippen LogP contribution in [0.2, 0.25) is 0 Å². The molecule has 0 atom stereocenters. The van der Waals surface area contributed by atoms with Crippen molar-refractivity contribution in [2.24, 2.45) is 10.9 Å². The molecule has 0 fully saturated rings. The summed E-state index contributed by atoms with van der Waals surface area (Å²) >= 11 is 6.44. The second kappa shape index (κ2) is 5.92. The number of thiol groups is 2. The highest BCUT2D eigenvalue weighted by atomic mass is 33.1. The third-order valence-corrected chi connectivity index (χ3v) is 1.10. The van der Waals surface area contributed by atoms with Gasteiger partial charge in [0.1, 0.15) is 6.61 Å². The van der Waals surface area contributed by atoms with Crippen LogP contribution in [0.25, 0.3) is 0 Å². The maximum absolute atomic E-state index is 5.16. The number of hydrogen-bond donors (Lipinski definition) is 2. The fraction of sp³-hybridized carbons (Fsp3) is 0.833. The molecule has 0 aromatic heterocycles. The first-order chi connectivity index (χ1) is 4.80. The molecule has 10 heavy (non-hydrogen) atoms. The van der Waals surface area contributed by atoms with Crippen LogP contribution in [0.1, 0.15) is 13.8 Å². The summed E-state index contributed by atoms with van der Waals surface area (Å²) in [6.07, 6.45) is 0. The molecule has 4 heteroatoms. The molecule has 0 aromatic carbocycles. The summed E-state index contributed by atoms with van der Waals surface area (Å²) in [5.41, 5.74) is 0. The molecule has 0 spiro atoms. The predicted molar refractivity (Wildman–Crippen MR) is 51.1 cm³/mol. The van der Waals surface area contributed by atoms with Crippen molar-refractivity contribution < 1.29 is 4.74 Å². The Morgan fingerprint density at radius 3 is 2.30 bits per heavy atom. The van der Waals surface area contributed by atoms with Crippen molar-refractivity contribution in [3.63, 3.8) is 0 Å². The van der Waals surface area contributed by atoms with Gasteiger partial charge in [0.15, 0.2) is 5.90 Å². The summed E-state index contributed by atoms with van der Waals surface area (Å²) in [5.74, 6) is 1.39. The van der Waals surface area contributed by atoms with E-state index in [-0.39, 0.29) is 0 Å². The van der Waals surface area contributed by atoms with Crippen LogP contribution in [-0.4, -0.2) is 19.0 Å². The van der Waals surface area contributed by atoms with Gasteiger partial charge in [0, 0.05) is 5.92 Å². The normalized spacial score (nSPS) is 15.5. The third kappa shape index (κ3) is 3.37. The largest absolute Gasteiger partial charge is 0.479 e. The molecule has 0 amide bonds. The Labute approximate surface area is 72.3 Å². The fourth-order valence-electron chi connectivity index (χ4n) is 0.701. The SMILES string of the molecule is CC(C)C1=NCCO1.SS. The van der Waals surface area contributed by atoms with E-state index in [4.69, 9.17) is 4.74 Å². The van der Waals surface area contributed by atoms with Gasteiger partial charge in [-0.3, -0.25) is 4.99 Å². The van der Waals surface area contributed by atoms with Crippen LogP contribution in [0.3, 0.4) is 0 Å². The Balaban J connectivity index is 0.000000371. The van der Waals surface area contributed by atoms with Crippen LogP contribution >= 0.6 is 23.3 Å². The minimum Gasteiger partial charge on any atom is -0.479 e. The van der Waals surface area contributed by atoms with Crippen LogP contribution in [0, 0.1) is 5.92 Å². The Kier molecular flexibility index (Phi) is 6.02. The Hall–Kier alpha value is 0.170. The molecular formula is C6H13NOS2. The monoisotopic (exact) mass is 179 g/mol. The predicted octanol–water partition coefficient (Wildman–Crippen LogP) is 1.83. The van der Waals surface area contributed by atoms with E-state index >= 15 is 0 Å². The van der Waals surface area contributed by atoms with Crippen LogP contribution in [-0.2, 0) is 4.74 Å².